The SMILES string of the molecule is Cc1ccc(-n2nnc(C(=O)NCc3cc(F)cc(F)c3)c2-c2ccncc2)cc1C. The molecule has 4 aromatic rings. The third-order valence-corrected chi connectivity index (χ3v) is 4.95. The molecule has 0 spiro atoms. The summed E-state index contributed by atoms with van der Waals surface area (Å²) in [5.74, 6) is -1.92. The maximum atomic E-state index is 13.4. The standard InChI is InChI=1S/C23H19F2N5O/c1-14-3-4-20(9-15(14)2)30-22(17-5-7-26-8-6-17)21(28-29-30)23(31)27-13-16-10-18(24)12-19(25)11-16/h3-12H,13H2,1-2H3,(H,27,31). The van der Waals surface area contributed by atoms with Crippen LogP contribution in [0.3, 0.4) is 0 Å². The fourth-order valence-electron chi connectivity index (χ4n) is 3.22. The van der Waals surface area contributed by atoms with E-state index >= 15 is 0 Å². The number of halogens is 2. The number of amides is 1. The first-order valence-corrected chi connectivity index (χ1v) is 9.59. The zero-order valence-corrected chi connectivity index (χ0v) is 16.9. The fraction of sp³-hybridized carbons (Fsp3) is 0.130. The Morgan fingerprint density at radius 2 is 1.68 bits per heavy atom. The van der Waals surface area contributed by atoms with Crippen molar-refractivity contribution in [1.82, 2.24) is 25.3 Å². The summed E-state index contributed by atoms with van der Waals surface area (Å²) < 4.78 is 28.5. The summed E-state index contributed by atoms with van der Waals surface area (Å²) in [7, 11) is 0. The average molecular weight is 419 g/mol. The summed E-state index contributed by atoms with van der Waals surface area (Å²) in [5, 5.41) is 11.0. The Hall–Kier alpha value is -3.94. The normalized spacial score (nSPS) is 10.8. The molecule has 0 aliphatic rings. The van der Waals surface area contributed by atoms with Crippen LogP contribution < -0.4 is 5.32 Å². The molecule has 4 rings (SSSR count). The van der Waals surface area contributed by atoms with E-state index < -0.39 is 17.5 Å². The van der Waals surface area contributed by atoms with Gasteiger partial charge in [-0.05, 0) is 66.9 Å². The van der Waals surface area contributed by atoms with Gasteiger partial charge in [-0.25, -0.2) is 13.5 Å². The molecule has 0 unspecified atom stereocenters. The third-order valence-electron chi connectivity index (χ3n) is 4.95. The van der Waals surface area contributed by atoms with Crippen LogP contribution in [-0.2, 0) is 6.54 Å². The number of aryl methyl sites for hydroxylation is 2. The van der Waals surface area contributed by atoms with Crippen molar-refractivity contribution in [3.05, 3.63) is 94.9 Å². The first-order chi connectivity index (χ1) is 14.9. The molecule has 0 aliphatic carbocycles. The van der Waals surface area contributed by atoms with E-state index in [1.165, 1.54) is 12.1 Å². The molecule has 1 amide bonds. The van der Waals surface area contributed by atoms with Gasteiger partial charge >= 0.3 is 0 Å². The van der Waals surface area contributed by atoms with Gasteiger partial charge in [0, 0.05) is 30.6 Å². The lowest BCUT2D eigenvalue weighted by Crippen LogP contribution is -2.24. The van der Waals surface area contributed by atoms with E-state index in [1.807, 2.05) is 32.0 Å². The Morgan fingerprint density at radius 3 is 2.35 bits per heavy atom. The molecule has 156 valence electrons. The van der Waals surface area contributed by atoms with Crippen LogP contribution in [0.4, 0.5) is 8.78 Å². The summed E-state index contributed by atoms with van der Waals surface area (Å²) in [6.45, 7) is 3.95. The number of hydrogen-bond donors (Lipinski definition) is 1. The molecular weight excluding hydrogens is 400 g/mol. The number of rotatable bonds is 5. The molecule has 0 saturated carbocycles. The van der Waals surface area contributed by atoms with Gasteiger partial charge < -0.3 is 5.32 Å². The second-order valence-electron chi connectivity index (χ2n) is 7.16. The van der Waals surface area contributed by atoms with Crippen molar-refractivity contribution < 1.29 is 13.6 Å². The van der Waals surface area contributed by atoms with Gasteiger partial charge in [0.2, 0.25) is 0 Å². The van der Waals surface area contributed by atoms with Crippen molar-refractivity contribution in [3.63, 3.8) is 0 Å². The van der Waals surface area contributed by atoms with Gasteiger partial charge in [0.1, 0.15) is 17.3 Å². The van der Waals surface area contributed by atoms with Gasteiger partial charge in [0.15, 0.2) is 5.69 Å². The highest BCUT2D eigenvalue weighted by Gasteiger charge is 2.22. The highest BCUT2D eigenvalue weighted by molar-refractivity contribution is 5.98. The third kappa shape index (κ3) is 4.32. The van der Waals surface area contributed by atoms with E-state index in [0.717, 1.165) is 22.9 Å². The highest BCUT2D eigenvalue weighted by Crippen LogP contribution is 2.26. The second kappa shape index (κ2) is 8.43. The van der Waals surface area contributed by atoms with E-state index in [1.54, 1.807) is 29.2 Å². The number of hydrogen-bond acceptors (Lipinski definition) is 4. The van der Waals surface area contributed by atoms with E-state index in [9.17, 15) is 13.6 Å². The molecule has 8 heteroatoms. The Balaban J connectivity index is 1.71. The number of aromatic nitrogens is 4. The lowest BCUT2D eigenvalue weighted by molar-refractivity contribution is 0.0946. The maximum absolute atomic E-state index is 13.4. The van der Waals surface area contributed by atoms with Gasteiger partial charge in [-0.3, -0.25) is 9.78 Å². The van der Waals surface area contributed by atoms with Crippen molar-refractivity contribution in [2.75, 3.05) is 0 Å². The number of nitrogens with zero attached hydrogens (tertiary/aromatic N) is 4. The molecule has 2 heterocycles. The molecule has 2 aromatic carbocycles. The molecule has 0 bridgehead atoms. The molecule has 0 radical (unpaired) electrons. The lowest BCUT2D eigenvalue weighted by atomic mass is 10.1. The quantitative estimate of drug-likeness (QED) is 0.527. The first kappa shape index (κ1) is 20.3. The second-order valence-corrected chi connectivity index (χ2v) is 7.16. The van der Waals surface area contributed by atoms with Crippen LogP contribution in [0.5, 0.6) is 0 Å². The Bertz CT molecular complexity index is 1230. The molecule has 0 atom stereocenters. The van der Waals surface area contributed by atoms with Gasteiger partial charge in [-0.2, -0.15) is 0 Å². The lowest BCUT2D eigenvalue weighted by Gasteiger charge is -2.10. The van der Waals surface area contributed by atoms with Crippen LogP contribution in [0.1, 0.15) is 27.2 Å². The molecule has 0 fully saturated rings. The largest absolute Gasteiger partial charge is 0.346 e. The van der Waals surface area contributed by atoms with Crippen LogP contribution in [0.15, 0.2) is 60.9 Å². The molecule has 6 nitrogen and oxygen atoms in total. The summed E-state index contributed by atoms with van der Waals surface area (Å²) >= 11 is 0. The van der Waals surface area contributed by atoms with Crippen molar-refractivity contribution in [3.8, 4) is 16.9 Å². The molecule has 1 N–H and O–H groups in total. The number of nitrogens with one attached hydrogen (secondary N) is 1. The summed E-state index contributed by atoms with van der Waals surface area (Å²) in [5.41, 5.74) is 4.57. The average Bonchev–Trinajstić information content (AvgIpc) is 3.19. The van der Waals surface area contributed by atoms with Gasteiger partial charge in [0.25, 0.3) is 5.91 Å². The number of carbonyl (C=O) groups excluding carboxylic acids is 1. The summed E-state index contributed by atoms with van der Waals surface area (Å²) in [6.07, 6.45) is 3.23. The van der Waals surface area contributed by atoms with Gasteiger partial charge in [0.05, 0.1) is 5.69 Å². The molecule has 0 aliphatic heterocycles. The molecule has 0 saturated heterocycles. The van der Waals surface area contributed by atoms with Gasteiger partial charge in [-0.1, -0.05) is 11.3 Å². The summed E-state index contributed by atoms with van der Waals surface area (Å²) in [6, 6.07) is 12.5. The smallest absolute Gasteiger partial charge is 0.274 e. The van der Waals surface area contributed by atoms with Crippen LogP contribution in [0, 0.1) is 25.5 Å². The number of benzene rings is 2. The van der Waals surface area contributed by atoms with E-state index in [2.05, 4.69) is 20.6 Å². The minimum absolute atomic E-state index is 0.0558. The Morgan fingerprint density at radius 1 is 0.968 bits per heavy atom. The number of pyridine rings is 1. The van der Waals surface area contributed by atoms with Crippen molar-refractivity contribution in [1.29, 1.82) is 0 Å². The highest BCUT2D eigenvalue weighted by atomic mass is 19.1. The van der Waals surface area contributed by atoms with Crippen LogP contribution in [0.25, 0.3) is 16.9 Å². The Kier molecular flexibility index (Phi) is 5.53. The minimum Gasteiger partial charge on any atom is -0.346 e. The fourth-order valence-corrected chi connectivity index (χ4v) is 3.22. The van der Waals surface area contributed by atoms with Crippen molar-refractivity contribution in [2.24, 2.45) is 0 Å². The first-order valence-electron chi connectivity index (χ1n) is 9.59. The zero-order valence-electron chi connectivity index (χ0n) is 16.9. The predicted molar refractivity (Wildman–Crippen MR) is 112 cm³/mol. The molecule has 31 heavy (non-hydrogen) atoms. The van der Waals surface area contributed by atoms with Crippen LogP contribution >= 0.6 is 0 Å². The molecular formula is C23H19F2N5O. The zero-order chi connectivity index (χ0) is 22.0. The predicted octanol–water partition coefficient (Wildman–Crippen LogP) is 4.15. The topological polar surface area (TPSA) is 72.7 Å². The maximum Gasteiger partial charge on any atom is 0.274 e. The van der Waals surface area contributed by atoms with E-state index in [4.69, 9.17) is 0 Å². The van der Waals surface area contributed by atoms with Gasteiger partial charge in [-0.15, -0.1) is 5.10 Å². The Labute approximate surface area is 177 Å². The number of carbonyl (C=O) groups is 1. The van der Waals surface area contributed by atoms with E-state index in [0.29, 0.717) is 16.8 Å². The summed E-state index contributed by atoms with van der Waals surface area (Å²) in [4.78, 5) is 16.9. The van der Waals surface area contributed by atoms with Crippen molar-refractivity contribution in [2.45, 2.75) is 20.4 Å². The monoisotopic (exact) mass is 419 g/mol. The van der Waals surface area contributed by atoms with Crippen LogP contribution in [0.2, 0.25) is 0 Å². The molecule has 2 aromatic heterocycles. The van der Waals surface area contributed by atoms with E-state index in [-0.39, 0.29) is 12.2 Å². The van der Waals surface area contributed by atoms with Crippen LogP contribution in [-0.4, -0.2) is 25.9 Å². The minimum atomic E-state index is -0.706. The van der Waals surface area contributed by atoms with Crippen molar-refractivity contribution >= 4 is 5.91 Å².